The van der Waals surface area contributed by atoms with Gasteiger partial charge in [-0.3, -0.25) is 9.69 Å². The van der Waals surface area contributed by atoms with E-state index >= 15 is 0 Å². The Kier molecular flexibility index (Phi) is 6.52. The minimum absolute atomic E-state index is 0.0148. The standard InChI is InChI=1S/C21H25N3OS2/c1-5-26-17-11-9-16(10-12-17)20(25)24(14-13-23(3)4)21-22-19-15(2)7-6-8-18(19)27-21/h6-12H,5,13-14H2,1-4H3/p+1. The van der Waals surface area contributed by atoms with E-state index in [2.05, 4.69) is 40.1 Å². The molecule has 2 aromatic carbocycles. The molecule has 0 spiro atoms. The van der Waals surface area contributed by atoms with Gasteiger partial charge < -0.3 is 4.90 Å². The molecule has 0 radical (unpaired) electrons. The van der Waals surface area contributed by atoms with Gasteiger partial charge in [-0.15, -0.1) is 11.8 Å². The number of anilines is 1. The quantitative estimate of drug-likeness (QED) is 0.617. The van der Waals surface area contributed by atoms with Gasteiger partial charge in [0, 0.05) is 10.5 Å². The lowest BCUT2D eigenvalue weighted by atomic mass is 10.2. The second-order valence-electron chi connectivity index (χ2n) is 6.79. The van der Waals surface area contributed by atoms with Crippen molar-refractivity contribution in [1.82, 2.24) is 4.98 Å². The molecular formula is C21H26N3OS2+. The van der Waals surface area contributed by atoms with Crippen molar-refractivity contribution in [2.24, 2.45) is 0 Å². The van der Waals surface area contributed by atoms with Crippen molar-refractivity contribution in [1.29, 1.82) is 0 Å². The minimum Gasteiger partial charge on any atom is -0.338 e. The number of nitrogens with one attached hydrogen (secondary N) is 1. The van der Waals surface area contributed by atoms with Gasteiger partial charge in [0.1, 0.15) is 0 Å². The van der Waals surface area contributed by atoms with E-state index in [0.717, 1.165) is 33.2 Å². The van der Waals surface area contributed by atoms with Crippen LogP contribution in [0.1, 0.15) is 22.8 Å². The number of amides is 1. The molecule has 0 unspecified atom stereocenters. The van der Waals surface area contributed by atoms with Gasteiger partial charge in [0.2, 0.25) is 0 Å². The molecule has 3 rings (SSSR count). The number of hydrogen-bond acceptors (Lipinski definition) is 4. The molecule has 0 aliphatic heterocycles. The summed E-state index contributed by atoms with van der Waals surface area (Å²) in [7, 11) is 4.20. The summed E-state index contributed by atoms with van der Waals surface area (Å²) in [5.74, 6) is 1.04. The Hall–Kier alpha value is -1.89. The first-order valence-electron chi connectivity index (χ1n) is 9.19. The summed E-state index contributed by atoms with van der Waals surface area (Å²) in [6.45, 7) is 5.70. The van der Waals surface area contributed by atoms with Gasteiger partial charge in [-0.05, 0) is 48.6 Å². The molecule has 4 nitrogen and oxygen atoms in total. The van der Waals surface area contributed by atoms with Crippen LogP contribution in [0.2, 0.25) is 0 Å². The zero-order valence-corrected chi connectivity index (χ0v) is 17.9. The third-order valence-electron chi connectivity index (χ3n) is 4.33. The maximum Gasteiger partial charge on any atom is 0.260 e. The number of carbonyl (C=O) groups is 1. The summed E-state index contributed by atoms with van der Waals surface area (Å²) in [6.07, 6.45) is 0. The Labute approximate surface area is 169 Å². The van der Waals surface area contributed by atoms with E-state index in [1.165, 1.54) is 9.80 Å². The second-order valence-corrected chi connectivity index (χ2v) is 9.14. The summed E-state index contributed by atoms with van der Waals surface area (Å²) in [5, 5.41) is 0.776. The highest BCUT2D eigenvalue weighted by Gasteiger charge is 2.22. The highest BCUT2D eigenvalue weighted by molar-refractivity contribution is 7.99. The maximum atomic E-state index is 13.3. The number of benzene rings is 2. The summed E-state index contributed by atoms with van der Waals surface area (Å²) in [6, 6.07) is 14.1. The topological polar surface area (TPSA) is 37.6 Å². The van der Waals surface area contributed by atoms with Crippen molar-refractivity contribution >= 4 is 44.4 Å². The number of carbonyl (C=O) groups excluding carboxylic acids is 1. The molecule has 0 saturated heterocycles. The van der Waals surface area contributed by atoms with Crippen molar-refractivity contribution in [3.05, 3.63) is 53.6 Å². The first-order valence-corrected chi connectivity index (χ1v) is 11.0. The van der Waals surface area contributed by atoms with E-state index in [1.54, 1.807) is 23.1 Å². The number of likely N-dealkylation sites (N-methyl/N-ethyl adjacent to an activating group) is 1. The molecule has 0 saturated carbocycles. The Balaban J connectivity index is 1.93. The molecule has 142 valence electrons. The summed E-state index contributed by atoms with van der Waals surface area (Å²) >= 11 is 3.37. The molecule has 0 aliphatic carbocycles. The predicted molar refractivity (Wildman–Crippen MR) is 117 cm³/mol. The average molecular weight is 401 g/mol. The normalized spacial score (nSPS) is 11.3. The third-order valence-corrected chi connectivity index (χ3v) is 6.27. The maximum absolute atomic E-state index is 13.3. The van der Waals surface area contributed by atoms with Crippen LogP contribution in [0.15, 0.2) is 47.4 Å². The number of aryl methyl sites for hydroxylation is 1. The Bertz CT molecular complexity index is 919. The fraction of sp³-hybridized carbons (Fsp3) is 0.333. The Morgan fingerprint density at radius 1 is 1.19 bits per heavy atom. The molecule has 3 aromatic rings. The number of hydrogen-bond donors (Lipinski definition) is 1. The lowest BCUT2D eigenvalue weighted by molar-refractivity contribution is -0.856. The Morgan fingerprint density at radius 3 is 2.56 bits per heavy atom. The largest absolute Gasteiger partial charge is 0.338 e. The van der Waals surface area contributed by atoms with E-state index in [1.807, 2.05) is 35.2 Å². The first kappa shape index (κ1) is 19.9. The number of nitrogens with zero attached hydrogens (tertiary/aromatic N) is 2. The van der Waals surface area contributed by atoms with Gasteiger partial charge in [-0.1, -0.05) is 30.4 Å². The molecule has 0 bridgehead atoms. The molecular weight excluding hydrogens is 374 g/mol. The molecule has 1 heterocycles. The SMILES string of the molecule is CCSc1ccc(C(=O)N(CC[NH+](C)C)c2nc3c(C)cccc3s2)cc1. The highest BCUT2D eigenvalue weighted by Crippen LogP contribution is 2.31. The van der Waals surface area contributed by atoms with E-state index in [4.69, 9.17) is 4.98 Å². The van der Waals surface area contributed by atoms with Crippen LogP contribution in [0, 0.1) is 6.92 Å². The molecule has 1 N–H and O–H groups in total. The fourth-order valence-electron chi connectivity index (χ4n) is 2.83. The number of quaternary nitrogens is 1. The predicted octanol–water partition coefficient (Wildman–Crippen LogP) is 3.51. The average Bonchev–Trinajstić information content (AvgIpc) is 3.08. The Morgan fingerprint density at radius 2 is 1.93 bits per heavy atom. The zero-order valence-electron chi connectivity index (χ0n) is 16.3. The minimum atomic E-state index is 0.0148. The molecule has 0 fully saturated rings. The molecule has 6 heteroatoms. The van der Waals surface area contributed by atoms with Crippen LogP contribution in [-0.4, -0.2) is 43.8 Å². The van der Waals surface area contributed by atoms with Crippen LogP contribution in [0.4, 0.5) is 5.13 Å². The van der Waals surface area contributed by atoms with Gasteiger partial charge >= 0.3 is 0 Å². The van der Waals surface area contributed by atoms with Crippen LogP contribution in [-0.2, 0) is 0 Å². The van der Waals surface area contributed by atoms with Gasteiger partial charge in [-0.2, -0.15) is 0 Å². The van der Waals surface area contributed by atoms with E-state index < -0.39 is 0 Å². The van der Waals surface area contributed by atoms with Crippen molar-refractivity contribution in [3.63, 3.8) is 0 Å². The van der Waals surface area contributed by atoms with E-state index in [0.29, 0.717) is 12.1 Å². The van der Waals surface area contributed by atoms with Crippen LogP contribution in [0.25, 0.3) is 10.2 Å². The van der Waals surface area contributed by atoms with E-state index in [-0.39, 0.29) is 5.91 Å². The van der Waals surface area contributed by atoms with Gasteiger partial charge in [0.05, 0.1) is 37.4 Å². The number of rotatable bonds is 7. The summed E-state index contributed by atoms with van der Waals surface area (Å²) in [4.78, 5) is 22.4. The van der Waals surface area contributed by atoms with E-state index in [9.17, 15) is 4.79 Å². The van der Waals surface area contributed by atoms with Gasteiger partial charge in [-0.25, -0.2) is 4.98 Å². The van der Waals surface area contributed by atoms with Crippen molar-refractivity contribution in [2.75, 3.05) is 37.8 Å². The van der Waals surface area contributed by atoms with Crippen molar-refractivity contribution in [2.45, 2.75) is 18.7 Å². The molecule has 27 heavy (non-hydrogen) atoms. The first-order chi connectivity index (χ1) is 13.0. The smallest absolute Gasteiger partial charge is 0.260 e. The number of thioether (sulfide) groups is 1. The second kappa shape index (κ2) is 8.87. The van der Waals surface area contributed by atoms with Crippen molar-refractivity contribution in [3.8, 4) is 0 Å². The number of thiazole rings is 1. The number of aromatic nitrogens is 1. The van der Waals surface area contributed by atoms with Gasteiger partial charge in [0.25, 0.3) is 5.91 Å². The van der Waals surface area contributed by atoms with Crippen LogP contribution >= 0.6 is 23.1 Å². The molecule has 1 aromatic heterocycles. The van der Waals surface area contributed by atoms with Crippen molar-refractivity contribution < 1.29 is 9.69 Å². The number of para-hydroxylation sites is 1. The zero-order chi connectivity index (χ0) is 19.4. The molecule has 0 atom stereocenters. The van der Waals surface area contributed by atoms with Crippen LogP contribution in [0.3, 0.4) is 0 Å². The summed E-state index contributed by atoms with van der Waals surface area (Å²) in [5.41, 5.74) is 2.84. The molecule has 0 aliphatic rings. The third kappa shape index (κ3) is 4.69. The van der Waals surface area contributed by atoms with Gasteiger partial charge in [0.15, 0.2) is 5.13 Å². The monoisotopic (exact) mass is 400 g/mol. The number of fused-ring (bicyclic) bond motifs is 1. The highest BCUT2D eigenvalue weighted by atomic mass is 32.2. The lowest BCUT2D eigenvalue weighted by Crippen LogP contribution is -3.06. The lowest BCUT2D eigenvalue weighted by Gasteiger charge is -2.20. The summed E-state index contributed by atoms with van der Waals surface area (Å²) < 4.78 is 1.12. The van der Waals surface area contributed by atoms with Crippen LogP contribution in [0.5, 0.6) is 0 Å². The fourth-order valence-corrected chi connectivity index (χ4v) is 4.56. The van der Waals surface area contributed by atoms with Crippen LogP contribution < -0.4 is 9.80 Å². The molecule has 1 amide bonds.